The second-order valence-electron chi connectivity index (χ2n) is 7.10. The molecule has 1 fully saturated rings. The van der Waals surface area contributed by atoms with E-state index < -0.39 is 11.5 Å². The van der Waals surface area contributed by atoms with Crippen LogP contribution in [0.1, 0.15) is 43.2 Å². The molecule has 2 aromatic carbocycles. The quantitative estimate of drug-likeness (QED) is 0.640. The van der Waals surface area contributed by atoms with Crippen LogP contribution in [0.2, 0.25) is 0 Å². The number of ether oxygens (including phenoxy) is 2. The van der Waals surface area contributed by atoms with Crippen molar-refractivity contribution in [3.05, 3.63) is 59.7 Å². The van der Waals surface area contributed by atoms with Gasteiger partial charge in [-0.2, -0.15) is 0 Å². The van der Waals surface area contributed by atoms with Crippen molar-refractivity contribution in [2.24, 2.45) is 0 Å². The van der Waals surface area contributed by atoms with Crippen molar-refractivity contribution in [3.63, 3.8) is 0 Å². The summed E-state index contributed by atoms with van der Waals surface area (Å²) in [5, 5.41) is 11.5. The number of rotatable bonds is 7. The van der Waals surface area contributed by atoms with E-state index in [0.717, 1.165) is 25.7 Å². The summed E-state index contributed by atoms with van der Waals surface area (Å²) in [5.74, 6) is 0.788. The van der Waals surface area contributed by atoms with Gasteiger partial charge in [-0.25, -0.2) is 5.43 Å². The molecule has 0 spiro atoms. The summed E-state index contributed by atoms with van der Waals surface area (Å²) in [4.78, 5) is 13.1. The van der Waals surface area contributed by atoms with Gasteiger partial charge in [0.15, 0.2) is 5.60 Å². The van der Waals surface area contributed by atoms with Gasteiger partial charge in [0.2, 0.25) is 0 Å². The number of amides is 1. The number of methoxy groups -OCH3 is 2. The van der Waals surface area contributed by atoms with Crippen LogP contribution < -0.4 is 20.3 Å². The van der Waals surface area contributed by atoms with Crippen molar-refractivity contribution in [3.8, 4) is 11.5 Å². The molecule has 0 unspecified atom stereocenters. The van der Waals surface area contributed by atoms with E-state index in [4.69, 9.17) is 9.47 Å². The molecule has 0 heterocycles. The van der Waals surface area contributed by atoms with Crippen LogP contribution in [-0.4, -0.2) is 31.3 Å². The highest BCUT2D eigenvalue weighted by molar-refractivity contribution is 5.89. The van der Waals surface area contributed by atoms with Gasteiger partial charge in [0.1, 0.15) is 11.5 Å². The maximum atomic E-state index is 13.1. The minimum atomic E-state index is -1.85. The second kappa shape index (κ2) is 9.08. The lowest BCUT2D eigenvalue weighted by Crippen LogP contribution is -2.53. The highest BCUT2D eigenvalue weighted by Gasteiger charge is 2.40. The molecule has 0 aliphatic heterocycles. The molecule has 2 aromatic rings. The molecule has 0 radical (unpaired) electrons. The third kappa shape index (κ3) is 4.29. The first-order chi connectivity index (χ1) is 13.6. The van der Waals surface area contributed by atoms with E-state index in [-0.39, 0.29) is 6.04 Å². The third-order valence-electron chi connectivity index (χ3n) is 5.34. The van der Waals surface area contributed by atoms with E-state index in [1.54, 1.807) is 62.8 Å². The van der Waals surface area contributed by atoms with Gasteiger partial charge in [0.05, 0.1) is 14.2 Å². The number of carbonyl (C=O) groups excluding carboxylic acids is 1. The Bertz CT molecular complexity index is 721. The Hall–Kier alpha value is -2.57. The Morgan fingerprint density at radius 2 is 1.36 bits per heavy atom. The first-order valence-corrected chi connectivity index (χ1v) is 9.65. The van der Waals surface area contributed by atoms with Gasteiger partial charge in [0, 0.05) is 6.04 Å². The Morgan fingerprint density at radius 3 is 1.79 bits per heavy atom. The van der Waals surface area contributed by atoms with Crippen LogP contribution in [0.5, 0.6) is 11.5 Å². The van der Waals surface area contributed by atoms with E-state index >= 15 is 0 Å². The fraction of sp³-hybridized carbons (Fsp3) is 0.409. The predicted octanol–water partition coefficient (Wildman–Crippen LogP) is 2.89. The van der Waals surface area contributed by atoms with Crippen LogP contribution in [0.3, 0.4) is 0 Å². The van der Waals surface area contributed by atoms with Crippen molar-refractivity contribution in [2.45, 2.75) is 43.7 Å². The summed E-state index contributed by atoms with van der Waals surface area (Å²) in [7, 11) is 3.15. The Balaban J connectivity index is 1.88. The maximum absolute atomic E-state index is 13.1. The largest absolute Gasteiger partial charge is 0.497 e. The van der Waals surface area contributed by atoms with Gasteiger partial charge in [-0.05, 0) is 48.2 Å². The lowest BCUT2D eigenvalue weighted by Gasteiger charge is -2.30. The predicted molar refractivity (Wildman–Crippen MR) is 107 cm³/mol. The Kier molecular flexibility index (Phi) is 6.54. The molecule has 1 aliphatic rings. The molecule has 3 N–H and O–H groups in total. The molecule has 0 bridgehead atoms. The summed E-state index contributed by atoms with van der Waals surface area (Å²) < 4.78 is 10.4. The average molecular weight is 384 g/mol. The fourth-order valence-electron chi connectivity index (χ4n) is 3.60. The fourth-order valence-corrected chi connectivity index (χ4v) is 3.60. The molecule has 6 nitrogen and oxygen atoms in total. The van der Waals surface area contributed by atoms with Crippen LogP contribution in [0.15, 0.2) is 48.5 Å². The zero-order chi connectivity index (χ0) is 20.0. The maximum Gasteiger partial charge on any atom is 0.275 e. The van der Waals surface area contributed by atoms with Crippen molar-refractivity contribution in [2.75, 3.05) is 14.2 Å². The summed E-state index contributed by atoms with van der Waals surface area (Å²) in [6, 6.07) is 13.9. The molecule has 1 amide bonds. The molecular weight excluding hydrogens is 356 g/mol. The topological polar surface area (TPSA) is 79.8 Å². The normalized spacial score (nSPS) is 15.1. The number of hydrogen-bond donors (Lipinski definition) is 3. The Labute approximate surface area is 165 Å². The van der Waals surface area contributed by atoms with Crippen LogP contribution in [0.25, 0.3) is 0 Å². The van der Waals surface area contributed by atoms with Gasteiger partial charge < -0.3 is 14.6 Å². The van der Waals surface area contributed by atoms with E-state index in [2.05, 4.69) is 10.9 Å². The Morgan fingerprint density at radius 1 is 0.893 bits per heavy atom. The van der Waals surface area contributed by atoms with Gasteiger partial charge in [0.25, 0.3) is 5.91 Å². The smallest absolute Gasteiger partial charge is 0.275 e. The number of carbonyl (C=O) groups is 1. The average Bonchev–Trinajstić information content (AvgIpc) is 2.77. The summed E-state index contributed by atoms with van der Waals surface area (Å²) in [6.45, 7) is 0. The lowest BCUT2D eigenvalue weighted by molar-refractivity contribution is -0.138. The van der Waals surface area contributed by atoms with Gasteiger partial charge >= 0.3 is 0 Å². The first kappa shape index (κ1) is 20.2. The molecule has 1 saturated carbocycles. The SMILES string of the molecule is COc1ccc(C(O)(C(=O)NNC2CCCCC2)c2ccc(OC)cc2)cc1. The van der Waals surface area contributed by atoms with Crippen molar-refractivity contribution < 1.29 is 19.4 Å². The van der Waals surface area contributed by atoms with E-state index in [1.165, 1.54) is 6.42 Å². The van der Waals surface area contributed by atoms with Gasteiger partial charge in [-0.15, -0.1) is 0 Å². The monoisotopic (exact) mass is 384 g/mol. The standard InChI is InChI=1S/C22H28N2O4/c1-27-19-12-8-16(9-13-19)22(26,17-10-14-20(28-2)15-11-17)21(25)24-23-18-6-4-3-5-7-18/h8-15,18,23,26H,3-7H2,1-2H3,(H,24,25). The molecule has 1 aliphatic carbocycles. The molecule has 0 aromatic heterocycles. The number of aliphatic hydroxyl groups is 1. The number of hydrogen-bond acceptors (Lipinski definition) is 5. The van der Waals surface area contributed by atoms with Crippen molar-refractivity contribution >= 4 is 5.91 Å². The van der Waals surface area contributed by atoms with Crippen LogP contribution in [0, 0.1) is 0 Å². The van der Waals surface area contributed by atoms with Crippen molar-refractivity contribution in [1.82, 2.24) is 10.9 Å². The minimum absolute atomic E-state index is 0.230. The third-order valence-corrected chi connectivity index (χ3v) is 5.34. The van der Waals surface area contributed by atoms with E-state index in [0.29, 0.717) is 22.6 Å². The summed E-state index contributed by atoms with van der Waals surface area (Å²) in [5.41, 5.74) is 4.92. The van der Waals surface area contributed by atoms with E-state index in [1.807, 2.05) is 0 Å². The minimum Gasteiger partial charge on any atom is -0.497 e. The highest BCUT2D eigenvalue weighted by atomic mass is 16.5. The van der Waals surface area contributed by atoms with Crippen LogP contribution >= 0.6 is 0 Å². The molecule has 0 atom stereocenters. The zero-order valence-electron chi connectivity index (χ0n) is 16.4. The molecule has 0 saturated heterocycles. The molecule has 28 heavy (non-hydrogen) atoms. The number of benzene rings is 2. The molecular formula is C22H28N2O4. The molecule has 6 heteroatoms. The first-order valence-electron chi connectivity index (χ1n) is 9.65. The summed E-state index contributed by atoms with van der Waals surface area (Å²) in [6.07, 6.45) is 5.56. The van der Waals surface area contributed by atoms with Crippen LogP contribution in [0.4, 0.5) is 0 Å². The molecule has 150 valence electrons. The van der Waals surface area contributed by atoms with Crippen LogP contribution in [-0.2, 0) is 10.4 Å². The van der Waals surface area contributed by atoms with Crippen molar-refractivity contribution in [1.29, 1.82) is 0 Å². The van der Waals surface area contributed by atoms with Gasteiger partial charge in [-0.3, -0.25) is 10.2 Å². The highest BCUT2D eigenvalue weighted by Crippen LogP contribution is 2.32. The number of nitrogens with one attached hydrogen (secondary N) is 2. The van der Waals surface area contributed by atoms with E-state index in [9.17, 15) is 9.90 Å². The second-order valence-corrected chi connectivity index (χ2v) is 7.10. The number of hydrazine groups is 1. The zero-order valence-corrected chi connectivity index (χ0v) is 16.4. The van der Waals surface area contributed by atoms with Gasteiger partial charge in [-0.1, -0.05) is 43.5 Å². The lowest BCUT2D eigenvalue weighted by atomic mass is 9.85. The summed E-state index contributed by atoms with van der Waals surface area (Å²) >= 11 is 0. The molecule has 3 rings (SSSR count).